The number of rotatable bonds is 6. The first-order valence-electron chi connectivity index (χ1n) is 8.73. The van der Waals surface area contributed by atoms with Crippen molar-refractivity contribution in [2.75, 3.05) is 19.6 Å². The highest BCUT2D eigenvalue weighted by molar-refractivity contribution is 7.91. The van der Waals surface area contributed by atoms with E-state index in [1.54, 1.807) is 10.4 Å². The maximum Gasteiger partial charge on any atom is 0.252 e. The monoisotopic (exact) mass is 370 g/mol. The van der Waals surface area contributed by atoms with Crippen LogP contribution in [-0.2, 0) is 16.6 Å². The van der Waals surface area contributed by atoms with Gasteiger partial charge in [0.1, 0.15) is 4.21 Å². The molecule has 1 aromatic rings. The molecule has 0 spiro atoms. The first kappa shape index (κ1) is 17.7. The van der Waals surface area contributed by atoms with E-state index in [9.17, 15) is 8.42 Å². The van der Waals surface area contributed by atoms with E-state index < -0.39 is 10.0 Å². The molecule has 24 heavy (non-hydrogen) atoms. The molecule has 0 unspecified atom stereocenters. The summed E-state index contributed by atoms with van der Waals surface area (Å²) in [6, 6.07) is 4.15. The minimum Gasteiger partial charge on any atom is -0.357 e. The summed E-state index contributed by atoms with van der Waals surface area (Å²) < 4.78 is 27.4. The average Bonchev–Trinajstić information content (AvgIpc) is 3.27. The fourth-order valence-corrected chi connectivity index (χ4v) is 5.66. The molecule has 2 heterocycles. The molecule has 8 heteroatoms. The van der Waals surface area contributed by atoms with E-state index in [1.807, 2.05) is 13.0 Å². The Morgan fingerprint density at radius 3 is 2.71 bits per heavy atom. The number of guanidine groups is 1. The van der Waals surface area contributed by atoms with E-state index in [2.05, 4.69) is 15.6 Å². The van der Waals surface area contributed by atoms with Crippen molar-refractivity contribution in [2.24, 2.45) is 4.99 Å². The number of nitrogens with zero attached hydrogens (tertiary/aromatic N) is 2. The van der Waals surface area contributed by atoms with Crippen LogP contribution in [0.4, 0.5) is 0 Å². The van der Waals surface area contributed by atoms with Gasteiger partial charge in [-0.1, -0.05) is 6.42 Å². The number of thiophene rings is 1. The van der Waals surface area contributed by atoms with E-state index >= 15 is 0 Å². The number of sulfonamides is 1. The number of piperidine rings is 1. The molecular weight excluding hydrogens is 344 g/mol. The van der Waals surface area contributed by atoms with E-state index in [1.165, 1.54) is 24.2 Å². The quantitative estimate of drug-likeness (QED) is 0.594. The molecule has 0 aromatic carbocycles. The maximum absolute atomic E-state index is 12.7. The zero-order valence-electron chi connectivity index (χ0n) is 14.1. The highest BCUT2D eigenvalue weighted by Gasteiger charge is 2.27. The predicted molar refractivity (Wildman–Crippen MR) is 97.9 cm³/mol. The molecule has 0 bridgehead atoms. The zero-order chi connectivity index (χ0) is 17.0. The minimum atomic E-state index is -3.33. The highest BCUT2D eigenvalue weighted by atomic mass is 32.2. The van der Waals surface area contributed by atoms with Crippen molar-refractivity contribution in [3.8, 4) is 0 Å². The first-order chi connectivity index (χ1) is 11.6. The van der Waals surface area contributed by atoms with Crippen molar-refractivity contribution >= 4 is 27.3 Å². The Bertz CT molecular complexity index is 674. The van der Waals surface area contributed by atoms with Crippen LogP contribution in [0.5, 0.6) is 0 Å². The topological polar surface area (TPSA) is 73.8 Å². The van der Waals surface area contributed by atoms with Crippen molar-refractivity contribution in [3.05, 3.63) is 17.0 Å². The Morgan fingerprint density at radius 2 is 2.04 bits per heavy atom. The van der Waals surface area contributed by atoms with Gasteiger partial charge in [0, 0.05) is 30.6 Å². The summed E-state index contributed by atoms with van der Waals surface area (Å²) >= 11 is 1.34. The molecule has 1 saturated carbocycles. The van der Waals surface area contributed by atoms with Crippen LogP contribution in [0.2, 0.25) is 0 Å². The van der Waals surface area contributed by atoms with Crippen LogP contribution in [0, 0.1) is 0 Å². The number of hydrogen-bond donors (Lipinski definition) is 2. The van der Waals surface area contributed by atoms with Gasteiger partial charge in [-0.2, -0.15) is 4.31 Å². The zero-order valence-corrected chi connectivity index (χ0v) is 15.8. The molecule has 134 valence electrons. The largest absolute Gasteiger partial charge is 0.357 e. The Kier molecular flexibility index (Phi) is 5.78. The lowest BCUT2D eigenvalue weighted by molar-refractivity contribution is 0.347. The van der Waals surface area contributed by atoms with Crippen LogP contribution in [-0.4, -0.2) is 44.4 Å². The third kappa shape index (κ3) is 4.49. The lowest BCUT2D eigenvalue weighted by Crippen LogP contribution is -2.38. The summed E-state index contributed by atoms with van der Waals surface area (Å²) in [5.41, 5.74) is 0. The smallest absolute Gasteiger partial charge is 0.252 e. The molecule has 0 radical (unpaired) electrons. The Morgan fingerprint density at radius 1 is 1.29 bits per heavy atom. The summed E-state index contributed by atoms with van der Waals surface area (Å²) in [4.78, 5) is 5.54. The van der Waals surface area contributed by atoms with Crippen LogP contribution in [0.15, 0.2) is 21.3 Å². The SMILES string of the molecule is CCNC(=NCc1ccc(S(=O)(=O)N2CCCCC2)s1)NC1CC1. The minimum absolute atomic E-state index is 0.440. The fourth-order valence-electron chi connectivity index (χ4n) is 2.71. The van der Waals surface area contributed by atoms with Crippen LogP contribution in [0.3, 0.4) is 0 Å². The second kappa shape index (κ2) is 7.84. The van der Waals surface area contributed by atoms with Gasteiger partial charge in [-0.15, -0.1) is 11.3 Å². The Balaban J connectivity index is 1.65. The molecule has 1 aliphatic heterocycles. The molecule has 2 N–H and O–H groups in total. The molecule has 0 atom stereocenters. The van der Waals surface area contributed by atoms with Crippen LogP contribution in [0.25, 0.3) is 0 Å². The summed E-state index contributed by atoms with van der Waals surface area (Å²) in [5.74, 6) is 0.814. The van der Waals surface area contributed by atoms with Gasteiger partial charge in [0.25, 0.3) is 10.0 Å². The lowest BCUT2D eigenvalue weighted by Gasteiger charge is -2.25. The third-order valence-electron chi connectivity index (χ3n) is 4.20. The van der Waals surface area contributed by atoms with E-state index in [0.717, 1.165) is 36.6 Å². The van der Waals surface area contributed by atoms with Gasteiger partial charge < -0.3 is 10.6 Å². The summed E-state index contributed by atoms with van der Waals surface area (Å²) in [5, 5.41) is 6.60. The van der Waals surface area contributed by atoms with Crippen LogP contribution in [0.1, 0.15) is 43.9 Å². The lowest BCUT2D eigenvalue weighted by atomic mass is 10.2. The average molecular weight is 371 g/mol. The molecule has 1 saturated heterocycles. The Hall–Kier alpha value is -1.12. The van der Waals surface area contributed by atoms with Gasteiger partial charge in [0.15, 0.2) is 5.96 Å². The molecule has 1 aliphatic carbocycles. The number of hydrogen-bond acceptors (Lipinski definition) is 4. The van der Waals surface area contributed by atoms with E-state index in [4.69, 9.17) is 0 Å². The van der Waals surface area contributed by atoms with Gasteiger partial charge in [-0.25, -0.2) is 13.4 Å². The van der Waals surface area contributed by atoms with Crippen molar-refractivity contribution in [1.82, 2.24) is 14.9 Å². The third-order valence-corrected chi connectivity index (χ3v) is 7.64. The van der Waals surface area contributed by atoms with Crippen molar-refractivity contribution in [2.45, 2.75) is 55.8 Å². The summed E-state index contributed by atoms with van der Waals surface area (Å²) in [7, 11) is -3.33. The second-order valence-electron chi connectivity index (χ2n) is 6.30. The van der Waals surface area contributed by atoms with Crippen LogP contribution >= 0.6 is 11.3 Å². The molecule has 3 rings (SSSR count). The second-order valence-corrected chi connectivity index (χ2v) is 9.63. The first-order valence-corrected chi connectivity index (χ1v) is 11.0. The number of aliphatic imine (C=N–C) groups is 1. The highest BCUT2D eigenvalue weighted by Crippen LogP contribution is 2.27. The van der Waals surface area contributed by atoms with Gasteiger partial charge in [0.2, 0.25) is 0 Å². The van der Waals surface area contributed by atoms with Crippen molar-refractivity contribution in [3.63, 3.8) is 0 Å². The molecule has 6 nitrogen and oxygen atoms in total. The van der Waals surface area contributed by atoms with E-state index in [0.29, 0.717) is 29.9 Å². The molecular formula is C16H26N4O2S2. The van der Waals surface area contributed by atoms with Crippen LogP contribution < -0.4 is 10.6 Å². The van der Waals surface area contributed by atoms with Gasteiger partial charge >= 0.3 is 0 Å². The normalized spacial score (nSPS) is 20.1. The Labute approximate surface area is 148 Å². The standard InChI is InChI=1S/C16H26N4O2S2/c1-2-17-16(19-13-6-7-13)18-12-14-8-9-15(23-14)24(21,22)20-10-4-3-5-11-20/h8-9,13H,2-7,10-12H2,1H3,(H2,17,18,19). The predicted octanol–water partition coefficient (Wildman–Crippen LogP) is 2.14. The molecule has 0 amide bonds. The summed E-state index contributed by atoms with van der Waals surface area (Å²) in [6.45, 7) is 4.64. The van der Waals surface area contributed by atoms with E-state index in [-0.39, 0.29) is 0 Å². The molecule has 1 aromatic heterocycles. The van der Waals surface area contributed by atoms with Crippen molar-refractivity contribution in [1.29, 1.82) is 0 Å². The molecule has 2 aliphatic rings. The fraction of sp³-hybridized carbons (Fsp3) is 0.688. The number of nitrogens with one attached hydrogen (secondary N) is 2. The van der Waals surface area contributed by atoms with Gasteiger partial charge in [-0.05, 0) is 44.7 Å². The summed E-state index contributed by atoms with van der Waals surface area (Å²) in [6.07, 6.45) is 5.43. The molecule has 2 fully saturated rings. The van der Waals surface area contributed by atoms with Crippen molar-refractivity contribution < 1.29 is 8.42 Å². The van der Waals surface area contributed by atoms with Gasteiger partial charge in [-0.3, -0.25) is 0 Å². The van der Waals surface area contributed by atoms with Gasteiger partial charge in [0.05, 0.1) is 6.54 Å². The maximum atomic E-state index is 12.7.